The number of hydrogen-bond acceptors (Lipinski definition) is 4. The number of benzene rings is 1. The van der Waals surface area contributed by atoms with Crippen LogP contribution in [-0.2, 0) is 20.7 Å². The second-order valence-electron chi connectivity index (χ2n) is 8.01. The van der Waals surface area contributed by atoms with E-state index in [1.807, 2.05) is 31.2 Å². The van der Waals surface area contributed by atoms with E-state index in [2.05, 4.69) is 10.3 Å². The molecule has 0 fully saturated rings. The highest BCUT2D eigenvalue weighted by Crippen LogP contribution is 2.27. The predicted octanol–water partition coefficient (Wildman–Crippen LogP) is 3.71. The smallest absolute Gasteiger partial charge is 0.329 e. The van der Waals surface area contributed by atoms with Gasteiger partial charge in [0.25, 0.3) is 0 Å². The Bertz CT molecular complexity index is 826. The van der Waals surface area contributed by atoms with E-state index in [9.17, 15) is 9.59 Å². The molecule has 0 aliphatic heterocycles. The fourth-order valence-electron chi connectivity index (χ4n) is 2.99. The molecule has 7 heteroatoms. The lowest BCUT2D eigenvalue weighted by atomic mass is 10.0. The first-order chi connectivity index (χ1) is 13.1. The third kappa shape index (κ3) is 5.97. The molecule has 2 aromatic rings. The van der Waals surface area contributed by atoms with Crippen LogP contribution in [0.4, 0.5) is 0 Å². The van der Waals surface area contributed by atoms with Crippen LogP contribution in [0, 0.1) is 0 Å². The van der Waals surface area contributed by atoms with Gasteiger partial charge in [-0.05, 0) is 38.8 Å². The summed E-state index contributed by atoms with van der Waals surface area (Å²) in [6, 6.07) is 6.12. The monoisotopic (exact) mass is 407 g/mol. The summed E-state index contributed by atoms with van der Waals surface area (Å²) in [6.07, 6.45) is 2.49. The Kier molecular flexibility index (Phi) is 7.49. The number of nitrogens with one attached hydrogen (secondary N) is 2. The van der Waals surface area contributed by atoms with Gasteiger partial charge in [-0.15, -0.1) is 0 Å². The highest BCUT2D eigenvalue weighted by molar-refractivity contribution is 6.31. The number of carbonyl (C=O) groups excluding carboxylic acids is 2. The number of fused-ring (bicyclic) bond motifs is 1. The molecule has 0 bridgehead atoms. The van der Waals surface area contributed by atoms with Crippen molar-refractivity contribution in [1.29, 1.82) is 0 Å². The zero-order valence-corrected chi connectivity index (χ0v) is 17.7. The Balaban J connectivity index is 2.09. The van der Waals surface area contributed by atoms with E-state index in [0.717, 1.165) is 29.3 Å². The number of amides is 1. The Morgan fingerprint density at radius 1 is 1.29 bits per heavy atom. The summed E-state index contributed by atoms with van der Waals surface area (Å²) in [4.78, 5) is 28.2. The molecule has 1 heterocycles. The number of esters is 1. The van der Waals surface area contributed by atoms with Gasteiger partial charge in [0.15, 0.2) is 0 Å². The Morgan fingerprint density at radius 3 is 2.61 bits per heavy atom. The number of carbonyl (C=O) groups is 2. The van der Waals surface area contributed by atoms with Crippen molar-refractivity contribution in [3.8, 4) is 0 Å². The van der Waals surface area contributed by atoms with Crippen molar-refractivity contribution in [2.75, 3.05) is 0 Å². The average molecular weight is 408 g/mol. The van der Waals surface area contributed by atoms with Crippen LogP contribution in [0.3, 0.4) is 0 Å². The fraction of sp³-hybridized carbons (Fsp3) is 0.524. The number of H-pyrrole nitrogens is 1. The summed E-state index contributed by atoms with van der Waals surface area (Å²) in [5.41, 5.74) is 7.20. The summed E-state index contributed by atoms with van der Waals surface area (Å²) < 4.78 is 5.44. The van der Waals surface area contributed by atoms with Crippen molar-refractivity contribution < 1.29 is 14.3 Å². The van der Waals surface area contributed by atoms with E-state index in [4.69, 9.17) is 22.1 Å². The number of rotatable bonds is 8. The number of ether oxygens (including phenoxy) is 1. The number of halogens is 1. The fourth-order valence-corrected chi connectivity index (χ4v) is 3.27. The van der Waals surface area contributed by atoms with E-state index < -0.39 is 29.6 Å². The van der Waals surface area contributed by atoms with E-state index in [0.29, 0.717) is 11.6 Å². The zero-order chi connectivity index (χ0) is 20.9. The van der Waals surface area contributed by atoms with E-state index in [1.54, 1.807) is 20.8 Å². The molecule has 0 saturated carbocycles. The van der Waals surface area contributed by atoms with Gasteiger partial charge in [-0.25, -0.2) is 4.79 Å². The van der Waals surface area contributed by atoms with Crippen molar-refractivity contribution in [3.63, 3.8) is 0 Å². The van der Waals surface area contributed by atoms with Gasteiger partial charge < -0.3 is 20.8 Å². The van der Waals surface area contributed by atoms with Crippen LogP contribution < -0.4 is 11.1 Å². The van der Waals surface area contributed by atoms with Crippen LogP contribution in [-0.4, -0.2) is 34.5 Å². The molecule has 1 amide bonds. The quantitative estimate of drug-likeness (QED) is 0.581. The van der Waals surface area contributed by atoms with Gasteiger partial charge in [0.2, 0.25) is 5.91 Å². The van der Waals surface area contributed by atoms with Gasteiger partial charge in [0, 0.05) is 17.3 Å². The van der Waals surface area contributed by atoms with E-state index in [1.165, 1.54) is 0 Å². The summed E-state index contributed by atoms with van der Waals surface area (Å²) >= 11 is 6.30. The zero-order valence-electron chi connectivity index (χ0n) is 17.0. The van der Waals surface area contributed by atoms with Crippen molar-refractivity contribution in [1.82, 2.24) is 10.3 Å². The normalized spacial score (nSPS) is 13.9. The molecule has 2 atom stereocenters. The first-order valence-corrected chi connectivity index (χ1v) is 10.0. The summed E-state index contributed by atoms with van der Waals surface area (Å²) in [5.74, 6) is -0.833. The van der Waals surface area contributed by atoms with Gasteiger partial charge in [-0.2, -0.15) is 0 Å². The molecule has 0 aliphatic carbocycles. The number of para-hydroxylation sites is 1. The summed E-state index contributed by atoms with van der Waals surface area (Å²) in [6.45, 7) is 7.43. The molecule has 0 aliphatic rings. The number of nitrogens with two attached hydrogens (primary N) is 1. The van der Waals surface area contributed by atoms with Crippen LogP contribution >= 0.6 is 11.6 Å². The molecule has 2 rings (SSSR count). The minimum atomic E-state index is -0.830. The average Bonchev–Trinajstić information content (AvgIpc) is 2.92. The van der Waals surface area contributed by atoms with Crippen molar-refractivity contribution in [2.24, 2.45) is 5.73 Å². The van der Waals surface area contributed by atoms with Crippen molar-refractivity contribution >= 4 is 34.4 Å². The standard InChI is InChI=1S/C21H30ClN3O3/c1-5-6-10-17(20(27)28-21(2,3)4)25-19(26)15(23)12-14-13-9-7-8-11-16(13)24-18(14)22/h7-9,11,15,17,24H,5-6,10,12,23H2,1-4H3,(H,25,26)/t15-,17-/m1/s1. The van der Waals surface area contributed by atoms with Gasteiger partial charge in [-0.3, -0.25) is 4.79 Å². The minimum Gasteiger partial charge on any atom is -0.458 e. The summed E-state index contributed by atoms with van der Waals surface area (Å²) in [5, 5.41) is 4.17. The maximum atomic E-state index is 12.7. The lowest BCUT2D eigenvalue weighted by molar-refractivity contribution is -0.159. The van der Waals surface area contributed by atoms with Gasteiger partial charge in [0.05, 0.1) is 6.04 Å². The van der Waals surface area contributed by atoms with Crippen LogP contribution in [0.5, 0.6) is 0 Å². The first kappa shape index (κ1) is 22.2. The molecule has 0 spiro atoms. The molecule has 28 heavy (non-hydrogen) atoms. The number of unbranched alkanes of at least 4 members (excludes halogenated alkanes) is 1. The topological polar surface area (TPSA) is 97.2 Å². The molecule has 154 valence electrons. The molecule has 0 radical (unpaired) electrons. The maximum absolute atomic E-state index is 12.7. The number of hydrogen-bond donors (Lipinski definition) is 3. The van der Waals surface area contributed by atoms with Crippen LogP contribution in [0.2, 0.25) is 5.15 Å². The van der Waals surface area contributed by atoms with E-state index in [-0.39, 0.29) is 6.42 Å². The molecular weight excluding hydrogens is 378 g/mol. The van der Waals surface area contributed by atoms with E-state index >= 15 is 0 Å². The van der Waals surface area contributed by atoms with Crippen molar-refractivity contribution in [3.05, 3.63) is 35.0 Å². The number of aromatic amines is 1. The number of aromatic nitrogens is 1. The molecule has 1 aromatic carbocycles. The third-order valence-electron chi connectivity index (χ3n) is 4.38. The van der Waals surface area contributed by atoms with Crippen LogP contribution in [0.15, 0.2) is 24.3 Å². The van der Waals surface area contributed by atoms with Crippen LogP contribution in [0.1, 0.15) is 52.5 Å². The SMILES string of the molecule is CCCC[C@@H](NC(=O)[C@H](N)Cc1c(Cl)[nH]c2ccccc12)C(=O)OC(C)(C)C. The van der Waals surface area contributed by atoms with Crippen molar-refractivity contribution in [2.45, 2.75) is 71.1 Å². The second-order valence-corrected chi connectivity index (χ2v) is 8.39. The highest BCUT2D eigenvalue weighted by atomic mass is 35.5. The molecule has 4 N–H and O–H groups in total. The molecule has 6 nitrogen and oxygen atoms in total. The molecular formula is C21H30ClN3O3. The summed E-state index contributed by atoms with van der Waals surface area (Å²) in [7, 11) is 0. The maximum Gasteiger partial charge on any atom is 0.329 e. The largest absolute Gasteiger partial charge is 0.458 e. The molecule has 0 unspecified atom stereocenters. The third-order valence-corrected chi connectivity index (χ3v) is 4.70. The van der Waals surface area contributed by atoms with Gasteiger partial charge in [0.1, 0.15) is 16.8 Å². The first-order valence-electron chi connectivity index (χ1n) is 9.66. The second kappa shape index (κ2) is 9.43. The highest BCUT2D eigenvalue weighted by Gasteiger charge is 2.28. The van der Waals surface area contributed by atoms with Gasteiger partial charge in [-0.1, -0.05) is 49.6 Å². The molecule has 0 saturated heterocycles. The lowest BCUT2D eigenvalue weighted by Gasteiger charge is -2.25. The lowest BCUT2D eigenvalue weighted by Crippen LogP contribution is -2.50. The predicted molar refractivity (Wildman–Crippen MR) is 112 cm³/mol. The Labute approximate surface area is 171 Å². The van der Waals surface area contributed by atoms with Crippen LogP contribution in [0.25, 0.3) is 10.9 Å². The Hall–Kier alpha value is -2.05. The Morgan fingerprint density at radius 2 is 1.96 bits per heavy atom. The minimum absolute atomic E-state index is 0.267. The van der Waals surface area contributed by atoms with Gasteiger partial charge >= 0.3 is 5.97 Å². The molecule has 1 aromatic heterocycles.